The first kappa shape index (κ1) is 6.01. The summed E-state index contributed by atoms with van der Waals surface area (Å²) in [6, 6.07) is 0. The summed E-state index contributed by atoms with van der Waals surface area (Å²) >= 11 is 0. The minimum atomic E-state index is 0.634. The highest BCUT2D eigenvalue weighted by molar-refractivity contribution is 5.44. The first-order valence-corrected chi connectivity index (χ1v) is 2.04. The molecule has 0 fully saturated rings. The van der Waals surface area contributed by atoms with E-state index in [0.29, 0.717) is 12.8 Å². The Bertz CT molecular complexity index is 113. The van der Waals surface area contributed by atoms with Gasteiger partial charge in [0, 0.05) is 12.5 Å². The fourth-order valence-electron chi connectivity index (χ4n) is 0.214. The van der Waals surface area contributed by atoms with Crippen LogP contribution in [0, 0.1) is 12.3 Å². The van der Waals surface area contributed by atoms with Crippen LogP contribution in [0.5, 0.6) is 0 Å². The van der Waals surface area contributed by atoms with Gasteiger partial charge in [0.25, 0.3) is 0 Å². The van der Waals surface area contributed by atoms with Crippen LogP contribution < -0.4 is 0 Å². The van der Waals surface area contributed by atoms with Crippen LogP contribution >= 0.6 is 0 Å². The molecule has 0 aromatic carbocycles. The molecule has 0 aromatic rings. The molecule has 0 rings (SSSR count). The lowest BCUT2D eigenvalue weighted by Gasteiger charge is -1.72. The maximum absolute atomic E-state index is 9.43. The number of hydrogen-bond acceptors (Lipinski definition) is 1. The van der Waals surface area contributed by atoms with Gasteiger partial charge in [-0.3, -0.25) is 0 Å². The maximum atomic E-state index is 9.43. The van der Waals surface area contributed by atoms with Crippen molar-refractivity contribution in [1.29, 1.82) is 0 Å². The Hall–Kier alpha value is -0.990. The van der Waals surface area contributed by atoms with E-state index in [1.165, 1.54) is 6.08 Å². The SMILES string of the molecule is C#CCCC=C=O. The largest absolute Gasteiger partial charge is 0.234 e. The Balaban J connectivity index is 3.03. The van der Waals surface area contributed by atoms with E-state index in [2.05, 4.69) is 5.92 Å². The van der Waals surface area contributed by atoms with Crippen molar-refractivity contribution in [2.24, 2.45) is 0 Å². The average molecular weight is 94.1 g/mol. The van der Waals surface area contributed by atoms with Crippen LogP contribution in [0.2, 0.25) is 0 Å². The van der Waals surface area contributed by atoms with Crippen molar-refractivity contribution in [3.05, 3.63) is 6.08 Å². The molecule has 0 atom stereocenters. The zero-order chi connectivity index (χ0) is 5.54. The van der Waals surface area contributed by atoms with Gasteiger partial charge in [0.2, 0.25) is 0 Å². The van der Waals surface area contributed by atoms with Gasteiger partial charge in [0.05, 0.1) is 0 Å². The second-order valence-corrected chi connectivity index (χ2v) is 1.06. The van der Waals surface area contributed by atoms with Gasteiger partial charge in [-0.05, 0) is 6.42 Å². The summed E-state index contributed by atoms with van der Waals surface area (Å²) in [4.78, 5) is 9.43. The third kappa shape index (κ3) is 5.01. The molecule has 0 bridgehead atoms. The van der Waals surface area contributed by atoms with Gasteiger partial charge < -0.3 is 0 Å². The lowest BCUT2D eigenvalue weighted by molar-refractivity contribution is 0.568. The monoisotopic (exact) mass is 94.0 g/mol. The standard InChI is InChI=1S/C6H6O/c1-2-3-4-5-6-7/h1,5H,3-4H2. The van der Waals surface area contributed by atoms with Crippen molar-refractivity contribution >= 4 is 5.94 Å². The molecule has 0 amide bonds. The van der Waals surface area contributed by atoms with Crippen LogP contribution in [0.3, 0.4) is 0 Å². The van der Waals surface area contributed by atoms with Crippen LogP contribution in [0.25, 0.3) is 0 Å². The molecule has 0 saturated carbocycles. The van der Waals surface area contributed by atoms with Crippen LogP contribution in [-0.4, -0.2) is 5.94 Å². The smallest absolute Gasteiger partial charge is 0.120 e. The van der Waals surface area contributed by atoms with Gasteiger partial charge in [-0.2, -0.15) is 0 Å². The van der Waals surface area contributed by atoms with E-state index in [1.54, 1.807) is 5.94 Å². The molecule has 0 N–H and O–H groups in total. The molecule has 0 aliphatic rings. The van der Waals surface area contributed by atoms with E-state index in [-0.39, 0.29) is 0 Å². The van der Waals surface area contributed by atoms with E-state index in [9.17, 15) is 4.79 Å². The van der Waals surface area contributed by atoms with Gasteiger partial charge >= 0.3 is 0 Å². The molecule has 0 spiro atoms. The lowest BCUT2D eigenvalue weighted by Crippen LogP contribution is -1.61. The van der Waals surface area contributed by atoms with Gasteiger partial charge in [-0.15, -0.1) is 12.3 Å². The molecule has 0 heterocycles. The van der Waals surface area contributed by atoms with Crippen molar-refractivity contribution in [3.63, 3.8) is 0 Å². The first-order valence-electron chi connectivity index (χ1n) is 2.04. The van der Waals surface area contributed by atoms with E-state index < -0.39 is 0 Å². The summed E-state index contributed by atoms with van der Waals surface area (Å²) in [6.45, 7) is 0. The number of carbonyl (C=O) groups excluding carboxylic acids is 1. The van der Waals surface area contributed by atoms with Gasteiger partial charge in [-0.1, -0.05) is 0 Å². The fraction of sp³-hybridized carbons (Fsp3) is 0.333. The third-order valence-corrected chi connectivity index (χ3v) is 0.516. The number of rotatable bonds is 2. The number of hydrogen-bond donors (Lipinski definition) is 0. The van der Waals surface area contributed by atoms with Crippen molar-refractivity contribution < 1.29 is 4.79 Å². The van der Waals surface area contributed by atoms with Crippen LogP contribution in [0.15, 0.2) is 6.08 Å². The minimum Gasteiger partial charge on any atom is -0.234 e. The summed E-state index contributed by atoms with van der Waals surface area (Å²) < 4.78 is 0. The average Bonchev–Trinajstić information content (AvgIpc) is 1.69. The molecule has 0 aromatic heterocycles. The van der Waals surface area contributed by atoms with E-state index in [4.69, 9.17) is 6.42 Å². The lowest BCUT2D eigenvalue weighted by atomic mass is 10.3. The van der Waals surface area contributed by atoms with E-state index >= 15 is 0 Å². The Kier molecular flexibility index (Phi) is 4.30. The molecule has 0 saturated heterocycles. The molecule has 7 heavy (non-hydrogen) atoms. The van der Waals surface area contributed by atoms with Crippen molar-refractivity contribution in [1.82, 2.24) is 0 Å². The summed E-state index contributed by atoms with van der Waals surface area (Å²) in [7, 11) is 0. The number of allylic oxidation sites excluding steroid dienone is 1. The zero-order valence-electron chi connectivity index (χ0n) is 3.98. The molecule has 0 aliphatic heterocycles. The van der Waals surface area contributed by atoms with Crippen molar-refractivity contribution in [2.75, 3.05) is 0 Å². The Labute approximate surface area is 43.0 Å². The normalized spacial score (nSPS) is 6.14. The Morgan fingerprint density at radius 2 is 2.43 bits per heavy atom. The fourth-order valence-corrected chi connectivity index (χ4v) is 0.214. The predicted octanol–water partition coefficient (Wildman–Crippen LogP) is 0.788. The predicted molar refractivity (Wildman–Crippen MR) is 28.3 cm³/mol. The molecule has 1 nitrogen and oxygen atoms in total. The van der Waals surface area contributed by atoms with E-state index in [0.717, 1.165) is 0 Å². The first-order chi connectivity index (χ1) is 3.41. The van der Waals surface area contributed by atoms with Crippen LogP contribution in [0.4, 0.5) is 0 Å². The molecule has 0 radical (unpaired) electrons. The summed E-state index contributed by atoms with van der Waals surface area (Å²) in [5.41, 5.74) is 0. The minimum absolute atomic E-state index is 0.634. The summed E-state index contributed by atoms with van der Waals surface area (Å²) in [6.07, 6.45) is 7.55. The summed E-state index contributed by atoms with van der Waals surface area (Å²) in [5.74, 6) is 4.02. The maximum Gasteiger partial charge on any atom is 0.120 e. The second kappa shape index (κ2) is 5.01. The highest BCUT2D eigenvalue weighted by Crippen LogP contribution is 1.82. The Morgan fingerprint density at radius 1 is 1.71 bits per heavy atom. The number of terminal acetylenes is 1. The molecule has 36 valence electrons. The third-order valence-electron chi connectivity index (χ3n) is 0.516. The molecule has 1 heteroatoms. The zero-order valence-corrected chi connectivity index (χ0v) is 3.98. The Morgan fingerprint density at radius 3 is 2.86 bits per heavy atom. The van der Waals surface area contributed by atoms with Crippen molar-refractivity contribution in [3.8, 4) is 12.3 Å². The van der Waals surface area contributed by atoms with Gasteiger partial charge in [-0.25, -0.2) is 4.79 Å². The summed E-state index contributed by atoms with van der Waals surface area (Å²) in [5, 5.41) is 0. The number of unbranched alkanes of at least 4 members (excludes halogenated alkanes) is 1. The second-order valence-electron chi connectivity index (χ2n) is 1.06. The topological polar surface area (TPSA) is 17.1 Å². The van der Waals surface area contributed by atoms with Crippen molar-refractivity contribution in [2.45, 2.75) is 12.8 Å². The van der Waals surface area contributed by atoms with Crippen LogP contribution in [-0.2, 0) is 4.79 Å². The van der Waals surface area contributed by atoms with E-state index in [1.807, 2.05) is 0 Å². The highest BCUT2D eigenvalue weighted by Gasteiger charge is 1.70. The molecular formula is C6H6O. The quantitative estimate of drug-likeness (QED) is 0.281. The molecule has 0 unspecified atom stereocenters. The molecule has 0 aliphatic carbocycles. The van der Waals surface area contributed by atoms with Crippen LogP contribution in [0.1, 0.15) is 12.8 Å². The van der Waals surface area contributed by atoms with Gasteiger partial charge in [0.1, 0.15) is 5.94 Å². The molecular weight excluding hydrogens is 88.1 g/mol. The highest BCUT2D eigenvalue weighted by atomic mass is 16.1. The van der Waals surface area contributed by atoms with Gasteiger partial charge in [0.15, 0.2) is 0 Å².